The zero-order valence-electron chi connectivity index (χ0n) is 16.8. The van der Waals surface area contributed by atoms with Crippen LogP contribution in [0.4, 0.5) is 0 Å². The topological polar surface area (TPSA) is 64.4 Å². The van der Waals surface area contributed by atoms with Gasteiger partial charge in [-0.05, 0) is 51.2 Å². The fourth-order valence-corrected chi connectivity index (χ4v) is 4.94. The number of aromatic nitrogens is 2. The molecule has 4 rings (SSSR count). The standard InChI is InChI=1S/C22H27N3O3S/c1-2-24(16-8-3-4-9-16)20(26)15-29-22-23-19-12-6-5-11-18(19)21(27)25(22)14-17-10-7-13-28-17/h5-6,8,11-12,17H,2-4,7,9-10,13-15H2,1H3. The van der Waals surface area contributed by atoms with Crippen LogP contribution < -0.4 is 5.56 Å². The fourth-order valence-electron chi connectivity index (χ4n) is 4.05. The van der Waals surface area contributed by atoms with E-state index in [0.29, 0.717) is 29.1 Å². The molecule has 1 atom stereocenters. The van der Waals surface area contributed by atoms with Gasteiger partial charge >= 0.3 is 0 Å². The van der Waals surface area contributed by atoms with Gasteiger partial charge in [0.2, 0.25) is 5.91 Å². The Morgan fingerprint density at radius 2 is 2.21 bits per heavy atom. The van der Waals surface area contributed by atoms with E-state index in [4.69, 9.17) is 9.72 Å². The summed E-state index contributed by atoms with van der Waals surface area (Å²) in [6.07, 6.45) is 7.26. The van der Waals surface area contributed by atoms with Crippen molar-refractivity contribution < 1.29 is 9.53 Å². The number of amides is 1. The first kappa shape index (κ1) is 20.2. The van der Waals surface area contributed by atoms with Crippen LogP contribution in [-0.2, 0) is 16.1 Å². The number of carbonyl (C=O) groups is 1. The molecule has 29 heavy (non-hydrogen) atoms. The van der Waals surface area contributed by atoms with Gasteiger partial charge in [0, 0.05) is 18.8 Å². The van der Waals surface area contributed by atoms with Crippen molar-refractivity contribution in [3.8, 4) is 0 Å². The first-order valence-corrected chi connectivity index (χ1v) is 11.4. The smallest absolute Gasteiger partial charge is 0.262 e. The van der Waals surface area contributed by atoms with E-state index in [9.17, 15) is 9.59 Å². The first-order chi connectivity index (χ1) is 14.2. The van der Waals surface area contributed by atoms with Crippen molar-refractivity contribution in [2.45, 2.75) is 56.8 Å². The maximum absolute atomic E-state index is 13.1. The highest BCUT2D eigenvalue weighted by Gasteiger charge is 2.22. The maximum atomic E-state index is 13.1. The minimum absolute atomic E-state index is 0.0292. The molecule has 154 valence electrons. The average molecular weight is 414 g/mol. The summed E-state index contributed by atoms with van der Waals surface area (Å²) >= 11 is 1.35. The van der Waals surface area contributed by atoms with Gasteiger partial charge in [0.05, 0.1) is 29.3 Å². The lowest BCUT2D eigenvalue weighted by molar-refractivity contribution is -0.126. The third-order valence-electron chi connectivity index (χ3n) is 5.54. The second-order valence-electron chi connectivity index (χ2n) is 7.48. The van der Waals surface area contributed by atoms with Gasteiger partial charge in [-0.1, -0.05) is 30.0 Å². The van der Waals surface area contributed by atoms with Crippen LogP contribution in [0.2, 0.25) is 0 Å². The van der Waals surface area contributed by atoms with Gasteiger partial charge in [-0.3, -0.25) is 14.2 Å². The van der Waals surface area contributed by atoms with Crippen LogP contribution in [0, 0.1) is 0 Å². The lowest BCUT2D eigenvalue weighted by Crippen LogP contribution is -2.32. The number of ether oxygens (including phenoxy) is 1. The zero-order valence-corrected chi connectivity index (χ0v) is 17.6. The van der Waals surface area contributed by atoms with Crippen LogP contribution in [0.25, 0.3) is 10.9 Å². The van der Waals surface area contributed by atoms with Crippen LogP contribution in [-0.4, -0.2) is 45.4 Å². The highest BCUT2D eigenvalue weighted by Crippen LogP contribution is 2.25. The quantitative estimate of drug-likeness (QED) is 0.513. The van der Waals surface area contributed by atoms with E-state index in [0.717, 1.165) is 44.4 Å². The first-order valence-electron chi connectivity index (χ1n) is 10.4. The number of benzene rings is 1. The molecule has 6 nitrogen and oxygen atoms in total. The predicted octanol–water partition coefficient (Wildman–Crippen LogP) is 3.58. The molecule has 0 radical (unpaired) electrons. The molecule has 1 fully saturated rings. The van der Waals surface area contributed by atoms with Crippen molar-refractivity contribution >= 4 is 28.6 Å². The van der Waals surface area contributed by atoms with Crippen LogP contribution >= 0.6 is 11.8 Å². The molecule has 2 aromatic rings. The molecule has 1 aromatic heterocycles. The second kappa shape index (κ2) is 9.13. The molecule has 2 aliphatic rings. The number of hydrogen-bond donors (Lipinski definition) is 0. The number of hydrogen-bond acceptors (Lipinski definition) is 5. The Bertz CT molecular complexity index is 979. The highest BCUT2D eigenvalue weighted by atomic mass is 32.2. The number of para-hydroxylation sites is 1. The Morgan fingerprint density at radius 3 is 2.93 bits per heavy atom. The third kappa shape index (κ3) is 4.41. The summed E-state index contributed by atoms with van der Waals surface area (Å²) in [7, 11) is 0. The van der Waals surface area contributed by atoms with E-state index in [2.05, 4.69) is 6.08 Å². The van der Waals surface area contributed by atoms with E-state index in [1.165, 1.54) is 11.8 Å². The summed E-state index contributed by atoms with van der Waals surface area (Å²) in [6, 6.07) is 7.39. The summed E-state index contributed by atoms with van der Waals surface area (Å²) < 4.78 is 7.44. The molecular formula is C22H27N3O3S. The zero-order chi connectivity index (χ0) is 20.2. The fraction of sp³-hybridized carbons (Fsp3) is 0.500. The highest BCUT2D eigenvalue weighted by molar-refractivity contribution is 7.99. The molecule has 0 N–H and O–H groups in total. The molecule has 1 aliphatic carbocycles. The van der Waals surface area contributed by atoms with E-state index in [1.807, 2.05) is 36.1 Å². The van der Waals surface area contributed by atoms with Gasteiger partial charge in [-0.15, -0.1) is 0 Å². The van der Waals surface area contributed by atoms with Crippen molar-refractivity contribution in [3.05, 3.63) is 46.4 Å². The van der Waals surface area contributed by atoms with Crippen LogP contribution in [0.5, 0.6) is 0 Å². The molecule has 7 heteroatoms. The minimum Gasteiger partial charge on any atom is -0.376 e. The van der Waals surface area contributed by atoms with Crippen molar-refractivity contribution in [2.24, 2.45) is 0 Å². The number of carbonyl (C=O) groups excluding carboxylic acids is 1. The lowest BCUT2D eigenvalue weighted by atomic mass is 10.2. The van der Waals surface area contributed by atoms with Gasteiger partial charge < -0.3 is 9.64 Å². The van der Waals surface area contributed by atoms with Crippen LogP contribution in [0.1, 0.15) is 39.0 Å². The number of nitrogens with zero attached hydrogens (tertiary/aromatic N) is 3. The second-order valence-corrected chi connectivity index (χ2v) is 8.42. The molecule has 0 spiro atoms. The van der Waals surface area contributed by atoms with Gasteiger partial charge in [-0.2, -0.15) is 0 Å². The Balaban J connectivity index is 1.59. The molecule has 1 aliphatic heterocycles. The third-order valence-corrected chi connectivity index (χ3v) is 6.50. The number of thioether (sulfide) groups is 1. The van der Waals surface area contributed by atoms with Crippen molar-refractivity contribution in [3.63, 3.8) is 0 Å². The summed E-state index contributed by atoms with van der Waals surface area (Å²) in [5.41, 5.74) is 1.73. The van der Waals surface area contributed by atoms with Gasteiger partial charge in [-0.25, -0.2) is 4.98 Å². The van der Waals surface area contributed by atoms with Crippen LogP contribution in [0.3, 0.4) is 0 Å². The Labute approximate surface area is 174 Å². The molecule has 1 aromatic carbocycles. The average Bonchev–Trinajstić information content (AvgIpc) is 3.44. The summed E-state index contributed by atoms with van der Waals surface area (Å²) in [5.74, 6) is 0.332. The van der Waals surface area contributed by atoms with Crippen molar-refractivity contribution in [2.75, 3.05) is 18.9 Å². The number of rotatable bonds is 7. The van der Waals surface area contributed by atoms with E-state index in [-0.39, 0.29) is 23.3 Å². The van der Waals surface area contributed by atoms with Gasteiger partial charge in [0.15, 0.2) is 5.16 Å². The normalized spacial score (nSPS) is 18.9. The molecule has 1 saturated heterocycles. The summed E-state index contributed by atoms with van der Waals surface area (Å²) in [4.78, 5) is 32.6. The number of fused-ring (bicyclic) bond motifs is 1. The SMILES string of the molecule is CCN(C(=O)CSc1nc2ccccc2c(=O)n1CC1CCCO1)C1=CCCC1. The summed E-state index contributed by atoms with van der Waals surface area (Å²) in [5, 5.41) is 1.20. The predicted molar refractivity (Wildman–Crippen MR) is 115 cm³/mol. The molecule has 2 heterocycles. The van der Waals surface area contributed by atoms with E-state index >= 15 is 0 Å². The largest absolute Gasteiger partial charge is 0.376 e. The van der Waals surface area contributed by atoms with Crippen molar-refractivity contribution in [1.82, 2.24) is 14.5 Å². The lowest BCUT2D eigenvalue weighted by Gasteiger charge is -2.22. The van der Waals surface area contributed by atoms with E-state index < -0.39 is 0 Å². The molecule has 1 amide bonds. The molecule has 0 bridgehead atoms. The van der Waals surface area contributed by atoms with Crippen LogP contribution in [0.15, 0.2) is 46.0 Å². The Morgan fingerprint density at radius 1 is 1.34 bits per heavy atom. The van der Waals surface area contributed by atoms with Gasteiger partial charge in [0.25, 0.3) is 5.56 Å². The minimum atomic E-state index is -0.0631. The van der Waals surface area contributed by atoms with E-state index in [1.54, 1.807) is 4.57 Å². The number of allylic oxidation sites excluding steroid dienone is 2. The van der Waals surface area contributed by atoms with Crippen molar-refractivity contribution in [1.29, 1.82) is 0 Å². The maximum Gasteiger partial charge on any atom is 0.262 e. The molecule has 1 unspecified atom stereocenters. The Kier molecular flexibility index (Phi) is 6.35. The molecular weight excluding hydrogens is 386 g/mol. The Hall–Kier alpha value is -2.12. The monoisotopic (exact) mass is 413 g/mol. The molecule has 0 saturated carbocycles. The summed E-state index contributed by atoms with van der Waals surface area (Å²) in [6.45, 7) is 3.89. The van der Waals surface area contributed by atoms with Gasteiger partial charge in [0.1, 0.15) is 0 Å².